The average Bonchev–Trinajstić information content (AvgIpc) is 2.90. The number of aromatic nitrogens is 1. The van der Waals surface area contributed by atoms with Crippen molar-refractivity contribution in [2.45, 2.75) is 63.6 Å². The van der Waals surface area contributed by atoms with Crippen LogP contribution in [0.15, 0.2) is 5.38 Å². The predicted octanol–water partition coefficient (Wildman–Crippen LogP) is 2.31. The molecule has 128 valence electrons. The van der Waals surface area contributed by atoms with Gasteiger partial charge in [-0.25, -0.2) is 4.98 Å². The van der Waals surface area contributed by atoms with Crippen LogP contribution in [0.5, 0.6) is 0 Å². The molecule has 2 aliphatic heterocycles. The van der Waals surface area contributed by atoms with Gasteiger partial charge in [0.15, 0.2) is 0 Å². The second kappa shape index (κ2) is 6.49. The molecule has 0 radical (unpaired) electrons. The lowest BCUT2D eigenvalue weighted by molar-refractivity contribution is -0.175. The molecular weight excluding hydrogens is 312 g/mol. The van der Waals surface area contributed by atoms with Gasteiger partial charge in [-0.15, -0.1) is 11.3 Å². The third-order valence-corrected chi connectivity index (χ3v) is 5.86. The van der Waals surface area contributed by atoms with Crippen molar-refractivity contribution in [3.8, 4) is 0 Å². The summed E-state index contributed by atoms with van der Waals surface area (Å²) < 4.78 is 6.00. The lowest BCUT2D eigenvalue weighted by Crippen LogP contribution is -2.54. The normalized spacial score (nSPS) is 27.3. The first kappa shape index (κ1) is 16.9. The van der Waals surface area contributed by atoms with Crippen LogP contribution in [-0.4, -0.2) is 51.8 Å². The molecule has 3 rings (SSSR count). The molecule has 0 saturated carbocycles. The van der Waals surface area contributed by atoms with Crippen LogP contribution in [0.1, 0.15) is 49.7 Å². The van der Waals surface area contributed by atoms with E-state index >= 15 is 0 Å². The Labute approximate surface area is 141 Å². The Morgan fingerprint density at radius 1 is 1.43 bits per heavy atom. The molecule has 0 bridgehead atoms. The van der Waals surface area contributed by atoms with E-state index in [2.05, 4.69) is 4.98 Å². The standard InChI is InChI=1S/C17H26N2O3S/c1-13-18-14(11-23-13)3-4-15(20)19-8-5-17(6-9-19)12-16(2,21)7-10-22-17/h11,21H,3-10,12H2,1-2H3. The molecular formula is C17H26N2O3S. The van der Waals surface area contributed by atoms with Gasteiger partial charge in [-0.05, 0) is 39.5 Å². The molecule has 1 atom stereocenters. The molecule has 0 aromatic carbocycles. The van der Waals surface area contributed by atoms with E-state index in [-0.39, 0.29) is 11.5 Å². The Balaban J connectivity index is 1.49. The minimum absolute atomic E-state index is 0.202. The third kappa shape index (κ3) is 4.11. The number of piperidine rings is 1. The molecule has 2 fully saturated rings. The molecule has 6 heteroatoms. The van der Waals surface area contributed by atoms with E-state index in [0.717, 1.165) is 43.1 Å². The van der Waals surface area contributed by atoms with E-state index in [4.69, 9.17) is 4.74 Å². The third-order valence-electron chi connectivity index (χ3n) is 5.04. The zero-order valence-corrected chi connectivity index (χ0v) is 14.8. The molecule has 1 aromatic rings. The van der Waals surface area contributed by atoms with Crippen LogP contribution in [0.3, 0.4) is 0 Å². The molecule has 1 amide bonds. The van der Waals surface area contributed by atoms with Gasteiger partial charge in [0.1, 0.15) is 0 Å². The summed E-state index contributed by atoms with van der Waals surface area (Å²) in [6, 6.07) is 0. The largest absolute Gasteiger partial charge is 0.390 e. The number of carbonyl (C=O) groups excluding carboxylic acids is 1. The van der Waals surface area contributed by atoms with Crippen LogP contribution in [-0.2, 0) is 16.0 Å². The average molecular weight is 338 g/mol. The first-order valence-corrected chi connectivity index (χ1v) is 9.31. The summed E-state index contributed by atoms with van der Waals surface area (Å²) in [6.45, 7) is 5.95. The number of aryl methyl sites for hydroxylation is 2. The SMILES string of the molecule is Cc1nc(CCC(=O)N2CCC3(CC2)CC(C)(O)CCO3)cs1. The highest BCUT2D eigenvalue weighted by Crippen LogP contribution is 2.39. The summed E-state index contributed by atoms with van der Waals surface area (Å²) in [7, 11) is 0. The van der Waals surface area contributed by atoms with E-state index in [1.54, 1.807) is 11.3 Å². The quantitative estimate of drug-likeness (QED) is 0.919. The van der Waals surface area contributed by atoms with Crippen molar-refractivity contribution in [1.82, 2.24) is 9.88 Å². The predicted molar refractivity (Wildman–Crippen MR) is 89.5 cm³/mol. The van der Waals surface area contributed by atoms with Crippen molar-refractivity contribution in [2.75, 3.05) is 19.7 Å². The summed E-state index contributed by atoms with van der Waals surface area (Å²) >= 11 is 1.63. The van der Waals surface area contributed by atoms with Crippen LogP contribution >= 0.6 is 11.3 Å². The number of aliphatic hydroxyl groups is 1. The highest BCUT2D eigenvalue weighted by molar-refractivity contribution is 7.09. The molecule has 0 aliphatic carbocycles. The van der Waals surface area contributed by atoms with Gasteiger partial charge >= 0.3 is 0 Å². The van der Waals surface area contributed by atoms with E-state index in [1.807, 2.05) is 24.1 Å². The zero-order valence-electron chi connectivity index (χ0n) is 14.0. The number of hydrogen-bond acceptors (Lipinski definition) is 5. The topological polar surface area (TPSA) is 62.7 Å². The maximum absolute atomic E-state index is 12.4. The molecule has 5 nitrogen and oxygen atoms in total. The van der Waals surface area contributed by atoms with Gasteiger partial charge < -0.3 is 14.7 Å². The van der Waals surface area contributed by atoms with E-state index in [1.165, 1.54) is 0 Å². The van der Waals surface area contributed by atoms with Crippen LogP contribution < -0.4 is 0 Å². The molecule has 1 spiro atoms. The Bertz CT molecular complexity index is 562. The molecule has 23 heavy (non-hydrogen) atoms. The number of amides is 1. The number of carbonyl (C=O) groups is 1. The second-order valence-corrected chi connectivity index (χ2v) is 8.26. The van der Waals surface area contributed by atoms with Crippen LogP contribution in [0.2, 0.25) is 0 Å². The molecule has 1 aromatic heterocycles. The highest BCUT2D eigenvalue weighted by atomic mass is 32.1. The van der Waals surface area contributed by atoms with Crippen LogP contribution in [0.25, 0.3) is 0 Å². The van der Waals surface area contributed by atoms with Crippen molar-refractivity contribution < 1.29 is 14.6 Å². The maximum Gasteiger partial charge on any atom is 0.222 e. The fraction of sp³-hybridized carbons (Fsp3) is 0.765. The Hall–Kier alpha value is -0.980. The van der Waals surface area contributed by atoms with Gasteiger partial charge in [0.05, 0.1) is 28.5 Å². The Morgan fingerprint density at radius 3 is 2.78 bits per heavy atom. The summed E-state index contributed by atoms with van der Waals surface area (Å²) in [4.78, 5) is 18.7. The number of ether oxygens (including phenoxy) is 1. The van der Waals surface area contributed by atoms with E-state index < -0.39 is 5.60 Å². The first-order valence-electron chi connectivity index (χ1n) is 8.43. The molecule has 1 unspecified atom stereocenters. The monoisotopic (exact) mass is 338 g/mol. The summed E-state index contributed by atoms with van der Waals surface area (Å²) in [6.07, 6.45) is 4.27. The van der Waals surface area contributed by atoms with Gasteiger partial charge in [-0.2, -0.15) is 0 Å². The van der Waals surface area contributed by atoms with E-state index in [0.29, 0.717) is 25.9 Å². The maximum atomic E-state index is 12.4. The Morgan fingerprint density at radius 2 is 2.17 bits per heavy atom. The summed E-state index contributed by atoms with van der Waals surface area (Å²) in [5, 5.41) is 13.4. The second-order valence-electron chi connectivity index (χ2n) is 7.19. The smallest absolute Gasteiger partial charge is 0.222 e. The fourth-order valence-electron chi connectivity index (χ4n) is 3.72. The number of likely N-dealkylation sites (tertiary alicyclic amines) is 1. The van der Waals surface area contributed by atoms with Crippen molar-refractivity contribution >= 4 is 17.2 Å². The van der Waals surface area contributed by atoms with Crippen molar-refractivity contribution in [1.29, 1.82) is 0 Å². The van der Waals surface area contributed by atoms with Gasteiger partial charge in [-0.1, -0.05) is 0 Å². The molecule has 1 N–H and O–H groups in total. The van der Waals surface area contributed by atoms with Gasteiger partial charge in [0.25, 0.3) is 0 Å². The molecule has 2 aliphatic rings. The van der Waals surface area contributed by atoms with Gasteiger partial charge in [0.2, 0.25) is 5.91 Å². The lowest BCUT2D eigenvalue weighted by Gasteiger charge is -2.48. The fourth-order valence-corrected chi connectivity index (χ4v) is 4.37. The number of thiazole rings is 1. The van der Waals surface area contributed by atoms with E-state index in [9.17, 15) is 9.90 Å². The van der Waals surface area contributed by atoms with Crippen LogP contribution in [0, 0.1) is 6.92 Å². The minimum atomic E-state index is -0.632. The van der Waals surface area contributed by atoms with Crippen molar-refractivity contribution in [3.63, 3.8) is 0 Å². The number of hydrogen-bond donors (Lipinski definition) is 1. The highest BCUT2D eigenvalue weighted by Gasteiger charge is 2.44. The van der Waals surface area contributed by atoms with Gasteiger partial charge in [-0.3, -0.25) is 4.79 Å². The summed E-state index contributed by atoms with van der Waals surface area (Å²) in [5.74, 6) is 0.202. The number of nitrogens with zero attached hydrogens (tertiary/aromatic N) is 2. The molecule has 2 saturated heterocycles. The van der Waals surface area contributed by atoms with Crippen molar-refractivity contribution in [3.05, 3.63) is 16.1 Å². The lowest BCUT2D eigenvalue weighted by atomic mass is 9.78. The number of rotatable bonds is 3. The van der Waals surface area contributed by atoms with Crippen molar-refractivity contribution in [2.24, 2.45) is 0 Å². The van der Waals surface area contributed by atoms with Crippen LogP contribution in [0.4, 0.5) is 0 Å². The van der Waals surface area contributed by atoms with Gasteiger partial charge in [0, 0.05) is 31.3 Å². The first-order chi connectivity index (χ1) is 10.9. The minimum Gasteiger partial charge on any atom is -0.390 e. The Kier molecular flexibility index (Phi) is 4.76. The molecule has 3 heterocycles. The zero-order chi connectivity index (χ0) is 16.5. The summed E-state index contributed by atoms with van der Waals surface area (Å²) in [5.41, 5.74) is 0.151.